The predicted octanol–water partition coefficient (Wildman–Crippen LogP) is 2.39. The predicted molar refractivity (Wildman–Crippen MR) is 70.7 cm³/mol. The maximum absolute atomic E-state index is 12.8. The van der Waals surface area contributed by atoms with E-state index in [0.29, 0.717) is 6.54 Å². The summed E-state index contributed by atoms with van der Waals surface area (Å²) in [6.45, 7) is 5.04. The fraction of sp³-hybridized carbons (Fsp3) is 0.500. The van der Waals surface area contributed by atoms with Crippen molar-refractivity contribution in [1.29, 1.82) is 0 Å². The fourth-order valence-corrected chi connectivity index (χ4v) is 1.74. The SMILES string of the molecule is CCCNC(=O)CNC(CC)c1ccc(F)cc1. The number of benzene rings is 1. The number of hydrogen-bond acceptors (Lipinski definition) is 2. The highest BCUT2D eigenvalue weighted by Crippen LogP contribution is 2.16. The molecule has 0 heterocycles. The fourth-order valence-electron chi connectivity index (χ4n) is 1.74. The first kappa shape index (κ1) is 14.6. The van der Waals surface area contributed by atoms with Crippen LogP contribution in [-0.4, -0.2) is 19.0 Å². The molecule has 1 atom stereocenters. The molecule has 0 spiro atoms. The average molecular weight is 252 g/mol. The van der Waals surface area contributed by atoms with Crippen LogP contribution in [0.3, 0.4) is 0 Å². The number of hydrogen-bond donors (Lipinski definition) is 2. The molecule has 3 nitrogen and oxygen atoms in total. The summed E-state index contributed by atoms with van der Waals surface area (Å²) in [5.41, 5.74) is 1.00. The lowest BCUT2D eigenvalue weighted by atomic mass is 10.0. The summed E-state index contributed by atoms with van der Waals surface area (Å²) in [5, 5.41) is 5.99. The Bertz CT molecular complexity index is 365. The second-order valence-electron chi connectivity index (χ2n) is 4.24. The normalized spacial score (nSPS) is 12.2. The van der Waals surface area contributed by atoms with Crippen LogP contribution in [0, 0.1) is 5.82 Å². The van der Waals surface area contributed by atoms with Crippen molar-refractivity contribution < 1.29 is 9.18 Å². The zero-order valence-electron chi connectivity index (χ0n) is 11.0. The highest BCUT2D eigenvalue weighted by molar-refractivity contribution is 5.77. The lowest BCUT2D eigenvalue weighted by Gasteiger charge is -2.17. The van der Waals surface area contributed by atoms with Gasteiger partial charge in [-0.05, 0) is 30.5 Å². The van der Waals surface area contributed by atoms with Gasteiger partial charge in [-0.3, -0.25) is 4.79 Å². The van der Waals surface area contributed by atoms with Gasteiger partial charge in [0.15, 0.2) is 0 Å². The van der Waals surface area contributed by atoms with E-state index in [0.717, 1.165) is 18.4 Å². The highest BCUT2D eigenvalue weighted by atomic mass is 19.1. The van der Waals surface area contributed by atoms with Crippen molar-refractivity contribution in [3.05, 3.63) is 35.6 Å². The smallest absolute Gasteiger partial charge is 0.233 e. The Labute approximate surface area is 108 Å². The van der Waals surface area contributed by atoms with E-state index in [9.17, 15) is 9.18 Å². The molecule has 1 unspecified atom stereocenters. The molecule has 0 saturated carbocycles. The van der Waals surface area contributed by atoms with Crippen molar-refractivity contribution in [2.75, 3.05) is 13.1 Å². The maximum Gasteiger partial charge on any atom is 0.233 e. The third-order valence-corrected chi connectivity index (χ3v) is 2.76. The molecule has 18 heavy (non-hydrogen) atoms. The van der Waals surface area contributed by atoms with Gasteiger partial charge >= 0.3 is 0 Å². The van der Waals surface area contributed by atoms with Crippen molar-refractivity contribution in [3.63, 3.8) is 0 Å². The van der Waals surface area contributed by atoms with Gasteiger partial charge in [-0.1, -0.05) is 26.0 Å². The Kier molecular flexibility index (Phi) is 6.36. The van der Waals surface area contributed by atoms with Crippen LogP contribution in [0.4, 0.5) is 4.39 Å². The van der Waals surface area contributed by atoms with Crippen LogP contribution in [0.15, 0.2) is 24.3 Å². The monoisotopic (exact) mass is 252 g/mol. The largest absolute Gasteiger partial charge is 0.355 e. The van der Waals surface area contributed by atoms with Crippen LogP contribution >= 0.6 is 0 Å². The van der Waals surface area contributed by atoms with Gasteiger partial charge in [0, 0.05) is 12.6 Å². The maximum atomic E-state index is 12.8. The summed E-state index contributed by atoms with van der Waals surface area (Å²) in [7, 11) is 0. The molecular weight excluding hydrogens is 231 g/mol. The van der Waals surface area contributed by atoms with E-state index in [1.54, 1.807) is 12.1 Å². The number of carbonyl (C=O) groups is 1. The summed E-state index contributed by atoms with van der Waals surface area (Å²) in [6.07, 6.45) is 1.79. The van der Waals surface area contributed by atoms with E-state index >= 15 is 0 Å². The van der Waals surface area contributed by atoms with Crippen molar-refractivity contribution in [2.45, 2.75) is 32.7 Å². The molecule has 4 heteroatoms. The van der Waals surface area contributed by atoms with Crippen molar-refractivity contribution in [1.82, 2.24) is 10.6 Å². The molecule has 1 rings (SSSR count). The van der Waals surface area contributed by atoms with Gasteiger partial charge in [0.1, 0.15) is 5.82 Å². The van der Waals surface area contributed by atoms with Gasteiger partial charge < -0.3 is 10.6 Å². The Morgan fingerprint density at radius 3 is 2.50 bits per heavy atom. The first-order valence-corrected chi connectivity index (χ1v) is 6.42. The van der Waals surface area contributed by atoms with Crippen molar-refractivity contribution in [2.24, 2.45) is 0 Å². The van der Waals surface area contributed by atoms with E-state index in [2.05, 4.69) is 10.6 Å². The molecule has 2 N–H and O–H groups in total. The van der Waals surface area contributed by atoms with E-state index in [1.807, 2.05) is 13.8 Å². The minimum atomic E-state index is -0.241. The number of amides is 1. The number of halogens is 1. The number of nitrogens with one attached hydrogen (secondary N) is 2. The molecule has 0 fully saturated rings. The molecule has 100 valence electrons. The molecule has 0 aliphatic carbocycles. The molecule has 0 bridgehead atoms. The van der Waals surface area contributed by atoms with Gasteiger partial charge in [0.25, 0.3) is 0 Å². The van der Waals surface area contributed by atoms with Crippen LogP contribution in [0.25, 0.3) is 0 Å². The molecule has 0 saturated heterocycles. The van der Waals surface area contributed by atoms with Gasteiger partial charge in [-0.15, -0.1) is 0 Å². The zero-order valence-corrected chi connectivity index (χ0v) is 11.0. The summed E-state index contributed by atoms with van der Waals surface area (Å²) >= 11 is 0. The summed E-state index contributed by atoms with van der Waals surface area (Å²) in [6, 6.07) is 6.46. The quantitative estimate of drug-likeness (QED) is 0.782. The minimum Gasteiger partial charge on any atom is -0.355 e. The third kappa shape index (κ3) is 4.84. The molecular formula is C14H21FN2O. The Balaban J connectivity index is 2.47. The van der Waals surface area contributed by atoms with E-state index in [4.69, 9.17) is 0 Å². The first-order valence-electron chi connectivity index (χ1n) is 6.42. The topological polar surface area (TPSA) is 41.1 Å². The lowest BCUT2D eigenvalue weighted by Crippen LogP contribution is -2.35. The number of carbonyl (C=O) groups excluding carboxylic acids is 1. The molecule has 0 aliphatic heterocycles. The van der Waals surface area contributed by atoms with Crippen LogP contribution in [0.1, 0.15) is 38.3 Å². The van der Waals surface area contributed by atoms with Gasteiger partial charge in [0.05, 0.1) is 6.54 Å². The molecule has 0 aliphatic rings. The molecule has 0 radical (unpaired) electrons. The minimum absolute atomic E-state index is 0.00240. The highest BCUT2D eigenvalue weighted by Gasteiger charge is 2.10. The van der Waals surface area contributed by atoms with Crippen molar-refractivity contribution in [3.8, 4) is 0 Å². The molecule has 1 amide bonds. The second kappa shape index (κ2) is 7.82. The third-order valence-electron chi connectivity index (χ3n) is 2.76. The van der Waals surface area contributed by atoms with E-state index in [-0.39, 0.29) is 24.3 Å². The van der Waals surface area contributed by atoms with Crippen LogP contribution in [0.2, 0.25) is 0 Å². The summed E-state index contributed by atoms with van der Waals surface area (Å²) < 4.78 is 12.8. The molecule has 1 aromatic rings. The van der Waals surface area contributed by atoms with Gasteiger partial charge in [-0.25, -0.2) is 4.39 Å². The Morgan fingerprint density at radius 1 is 1.28 bits per heavy atom. The molecule has 0 aromatic heterocycles. The summed E-state index contributed by atoms with van der Waals surface area (Å²) in [5.74, 6) is -0.244. The Morgan fingerprint density at radius 2 is 1.94 bits per heavy atom. The standard InChI is InChI=1S/C14H21FN2O/c1-3-9-16-14(18)10-17-13(4-2)11-5-7-12(15)8-6-11/h5-8,13,17H,3-4,9-10H2,1-2H3,(H,16,18). The van der Waals surface area contributed by atoms with Crippen LogP contribution in [0.5, 0.6) is 0 Å². The van der Waals surface area contributed by atoms with Crippen molar-refractivity contribution >= 4 is 5.91 Å². The average Bonchev–Trinajstić information content (AvgIpc) is 2.39. The lowest BCUT2D eigenvalue weighted by molar-refractivity contribution is -0.120. The van der Waals surface area contributed by atoms with E-state index in [1.165, 1.54) is 12.1 Å². The van der Waals surface area contributed by atoms with Crippen LogP contribution < -0.4 is 10.6 Å². The number of rotatable bonds is 7. The zero-order chi connectivity index (χ0) is 13.4. The van der Waals surface area contributed by atoms with Gasteiger partial charge in [-0.2, -0.15) is 0 Å². The second-order valence-corrected chi connectivity index (χ2v) is 4.24. The Hall–Kier alpha value is -1.42. The molecule has 1 aromatic carbocycles. The van der Waals surface area contributed by atoms with Crippen LogP contribution in [-0.2, 0) is 4.79 Å². The summed E-state index contributed by atoms with van der Waals surface area (Å²) in [4.78, 5) is 11.5. The van der Waals surface area contributed by atoms with E-state index < -0.39 is 0 Å². The first-order chi connectivity index (χ1) is 8.67. The van der Waals surface area contributed by atoms with Gasteiger partial charge in [0.2, 0.25) is 5.91 Å².